The van der Waals surface area contributed by atoms with Crippen LogP contribution in [-0.4, -0.2) is 25.1 Å². The highest BCUT2D eigenvalue weighted by molar-refractivity contribution is 7.92. The molecule has 3 aromatic rings. The summed E-state index contributed by atoms with van der Waals surface area (Å²) in [6.45, 7) is 0. The molecule has 1 heterocycles. The van der Waals surface area contributed by atoms with Crippen LogP contribution in [0.4, 0.5) is 10.1 Å². The van der Waals surface area contributed by atoms with Crippen molar-refractivity contribution in [1.82, 2.24) is 4.98 Å². The molecular weight excluding hydrogens is 357 g/mol. The number of hydrogen-bond acceptors (Lipinski definition) is 3. The topological polar surface area (TPSA) is 105 Å². The first-order chi connectivity index (χ1) is 12.3. The van der Waals surface area contributed by atoms with Gasteiger partial charge in [-0.1, -0.05) is 12.1 Å². The van der Waals surface area contributed by atoms with Gasteiger partial charge in [0.2, 0.25) is 15.9 Å². The van der Waals surface area contributed by atoms with Gasteiger partial charge in [-0.15, -0.1) is 0 Å². The van der Waals surface area contributed by atoms with Crippen LogP contribution in [0, 0.1) is 5.82 Å². The van der Waals surface area contributed by atoms with E-state index in [1.54, 1.807) is 36.5 Å². The Hall–Kier alpha value is -2.87. The van der Waals surface area contributed by atoms with Crippen molar-refractivity contribution in [3.63, 3.8) is 0 Å². The van der Waals surface area contributed by atoms with Crippen LogP contribution in [0.5, 0.6) is 0 Å². The van der Waals surface area contributed by atoms with Crippen molar-refractivity contribution in [1.29, 1.82) is 0 Å². The minimum Gasteiger partial charge on any atom is -0.370 e. The standard InChI is InChI=1S/C18H18FN3O3S/c19-13-5-8-15-16(11-21-17(15)10-13)12-3-6-14(7-4-12)22-26(24,25)9-1-2-18(20)23/h3-8,10-11,21-22H,1-2,9H2,(H2,20,23). The van der Waals surface area contributed by atoms with Gasteiger partial charge in [0.05, 0.1) is 5.75 Å². The zero-order valence-corrected chi connectivity index (χ0v) is 14.6. The Morgan fingerprint density at radius 1 is 1.15 bits per heavy atom. The number of nitrogens with two attached hydrogens (primary N) is 1. The number of carbonyl (C=O) groups excluding carboxylic acids is 1. The molecule has 0 unspecified atom stereocenters. The molecule has 0 saturated heterocycles. The minimum absolute atomic E-state index is 0.0288. The van der Waals surface area contributed by atoms with E-state index in [4.69, 9.17) is 5.73 Å². The molecule has 0 saturated carbocycles. The van der Waals surface area contributed by atoms with E-state index < -0.39 is 15.9 Å². The second kappa shape index (κ2) is 7.17. The SMILES string of the molecule is NC(=O)CCCS(=O)(=O)Nc1ccc(-c2c[nH]c3cc(F)ccc23)cc1. The van der Waals surface area contributed by atoms with Crippen molar-refractivity contribution >= 4 is 32.5 Å². The van der Waals surface area contributed by atoms with Crippen LogP contribution < -0.4 is 10.5 Å². The summed E-state index contributed by atoms with van der Waals surface area (Å²) in [6.07, 6.45) is 1.99. The monoisotopic (exact) mass is 375 g/mol. The Morgan fingerprint density at radius 3 is 2.58 bits per heavy atom. The minimum atomic E-state index is -3.54. The molecule has 4 N–H and O–H groups in total. The summed E-state index contributed by atoms with van der Waals surface area (Å²) in [5, 5.41) is 0.881. The van der Waals surface area contributed by atoms with E-state index in [-0.39, 0.29) is 24.4 Å². The molecule has 0 spiro atoms. The Bertz CT molecular complexity index is 1040. The molecule has 1 amide bonds. The Morgan fingerprint density at radius 2 is 1.88 bits per heavy atom. The number of carbonyl (C=O) groups is 1. The second-order valence-electron chi connectivity index (χ2n) is 5.96. The van der Waals surface area contributed by atoms with E-state index in [9.17, 15) is 17.6 Å². The highest BCUT2D eigenvalue weighted by Gasteiger charge is 2.12. The van der Waals surface area contributed by atoms with Gasteiger partial charge in [-0.2, -0.15) is 0 Å². The first-order valence-corrected chi connectivity index (χ1v) is 9.65. The lowest BCUT2D eigenvalue weighted by Crippen LogP contribution is -2.19. The summed E-state index contributed by atoms with van der Waals surface area (Å²) in [5.74, 6) is -1.01. The van der Waals surface area contributed by atoms with Gasteiger partial charge in [-0.3, -0.25) is 9.52 Å². The second-order valence-corrected chi connectivity index (χ2v) is 7.80. The number of nitrogens with one attached hydrogen (secondary N) is 2. The number of rotatable bonds is 7. The van der Waals surface area contributed by atoms with Gasteiger partial charge in [0.1, 0.15) is 5.82 Å². The maximum absolute atomic E-state index is 13.3. The van der Waals surface area contributed by atoms with E-state index >= 15 is 0 Å². The van der Waals surface area contributed by atoms with Gasteiger partial charge in [0.15, 0.2) is 0 Å². The van der Waals surface area contributed by atoms with Gasteiger partial charge in [-0.05, 0) is 42.3 Å². The largest absolute Gasteiger partial charge is 0.370 e. The molecule has 2 aromatic carbocycles. The van der Waals surface area contributed by atoms with Crippen LogP contribution in [0.2, 0.25) is 0 Å². The first-order valence-electron chi connectivity index (χ1n) is 8.00. The van der Waals surface area contributed by atoms with Crippen LogP contribution >= 0.6 is 0 Å². The fraction of sp³-hybridized carbons (Fsp3) is 0.167. The summed E-state index contributed by atoms with van der Waals surface area (Å²) in [5.41, 5.74) is 7.90. The summed E-state index contributed by atoms with van der Waals surface area (Å²) in [4.78, 5) is 13.7. The van der Waals surface area contributed by atoms with Crippen molar-refractivity contribution in [2.75, 3.05) is 10.5 Å². The van der Waals surface area contributed by atoms with Crippen molar-refractivity contribution < 1.29 is 17.6 Å². The average Bonchev–Trinajstić information content (AvgIpc) is 2.97. The molecule has 3 rings (SSSR count). The van der Waals surface area contributed by atoms with Crippen molar-refractivity contribution in [2.24, 2.45) is 5.73 Å². The molecule has 8 heteroatoms. The Labute approximate surface area is 150 Å². The fourth-order valence-corrected chi connectivity index (χ4v) is 3.84. The van der Waals surface area contributed by atoms with Crippen LogP contribution in [0.1, 0.15) is 12.8 Å². The van der Waals surface area contributed by atoms with Gasteiger partial charge >= 0.3 is 0 Å². The third-order valence-electron chi connectivity index (χ3n) is 3.95. The molecule has 0 atom stereocenters. The predicted octanol–water partition coefficient (Wildman–Crippen LogP) is 2.98. The number of aromatic nitrogens is 1. The van der Waals surface area contributed by atoms with E-state index in [1.807, 2.05) is 0 Å². The van der Waals surface area contributed by atoms with Gasteiger partial charge in [0.25, 0.3) is 0 Å². The van der Waals surface area contributed by atoms with Gasteiger partial charge in [0, 0.05) is 34.8 Å². The number of primary amides is 1. The van der Waals surface area contributed by atoms with Crippen molar-refractivity contribution in [3.8, 4) is 11.1 Å². The molecule has 1 aromatic heterocycles. The quantitative estimate of drug-likeness (QED) is 0.591. The maximum Gasteiger partial charge on any atom is 0.232 e. The van der Waals surface area contributed by atoms with E-state index in [2.05, 4.69) is 9.71 Å². The summed E-state index contributed by atoms with van der Waals surface area (Å²) in [6, 6.07) is 11.4. The Kier molecular flexibility index (Phi) is 4.94. The molecule has 0 fully saturated rings. The molecule has 0 aliphatic heterocycles. The highest BCUT2D eigenvalue weighted by atomic mass is 32.2. The molecule has 136 valence electrons. The molecule has 6 nitrogen and oxygen atoms in total. The van der Waals surface area contributed by atoms with Gasteiger partial charge in [-0.25, -0.2) is 12.8 Å². The van der Waals surface area contributed by atoms with Crippen molar-refractivity contribution in [2.45, 2.75) is 12.8 Å². The average molecular weight is 375 g/mol. The van der Waals surface area contributed by atoms with Gasteiger partial charge < -0.3 is 10.7 Å². The predicted molar refractivity (Wildman–Crippen MR) is 99.5 cm³/mol. The lowest BCUT2D eigenvalue weighted by molar-refractivity contribution is -0.118. The van der Waals surface area contributed by atoms with Crippen LogP contribution in [-0.2, 0) is 14.8 Å². The third kappa shape index (κ3) is 4.20. The zero-order chi connectivity index (χ0) is 18.7. The number of hydrogen-bond donors (Lipinski definition) is 3. The fourth-order valence-electron chi connectivity index (χ4n) is 2.72. The number of benzene rings is 2. The number of sulfonamides is 1. The number of H-pyrrole nitrogens is 1. The molecule has 0 bridgehead atoms. The lowest BCUT2D eigenvalue weighted by Gasteiger charge is -2.08. The summed E-state index contributed by atoms with van der Waals surface area (Å²) < 4.78 is 39.7. The number of anilines is 1. The zero-order valence-electron chi connectivity index (χ0n) is 13.8. The van der Waals surface area contributed by atoms with Crippen LogP contribution in [0.15, 0.2) is 48.7 Å². The maximum atomic E-state index is 13.3. The molecule has 0 aliphatic carbocycles. The summed E-state index contributed by atoms with van der Waals surface area (Å²) >= 11 is 0. The number of halogens is 1. The normalized spacial score (nSPS) is 11.6. The smallest absolute Gasteiger partial charge is 0.232 e. The summed E-state index contributed by atoms with van der Waals surface area (Å²) in [7, 11) is -3.54. The third-order valence-corrected chi connectivity index (χ3v) is 5.32. The molecule has 0 aliphatic rings. The number of fused-ring (bicyclic) bond motifs is 1. The number of aromatic amines is 1. The van der Waals surface area contributed by atoms with E-state index in [0.29, 0.717) is 11.2 Å². The molecular formula is C18H18FN3O3S. The van der Waals surface area contributed by atoms with Crippen molar-refractivity contribution in [3.05, 3.63) is 54.5 Å². The van der Waals surface area contributed by atoms with E-state index in [1.165, 1.54) is 12.1 Å². The lowest BCUT2D eigenvalue weighted by atomic mass is 10.0. The number of amides is 1. The first kappa shape index (κ1) is 17.9. The highest BCUT2D eigenvalue weighted by Crippen LogP contribution is 2.30. The van der Waals surface area contributed by atoms with E-state index in [0.717, 1.165) is 16.5 Å². The Balaban J connectivity index is 1.75. The van der Waals surface area contributed by atoms with Crippen LogP contribution in [0.25, 0.3) is 22.0 Å². The molecule has 26 heavy (non-hydrogen) atoms. The van der Waals surface area contributed by atoms with Crippen LogP contribution in [0.3, 0.4) is 0 Å². The molecule has 0 radical (unpaired) electrons.